The number of aromatic nitrogens is 1. The van der Waals surface area contributed by atoms with E-state index in [0.29, 0.717) is 10.7 Å². The highest BCUT2D eigenvalue weighted by Gasteiger charge is 2.05. The molecule has 0 aliphatic heterocycles. The first-order chi connectivity index (χ1) is 8.16. The molecule has 0 bridgehead atoms. The van der Waals surface area contributed by atoms with Gasteiger partial charge in [-0.15, -0.1) is 0 Å². The van der Waals surface area contributed by atoms with Gasteiger partial charge < -0.3 is 15.1 Å². The van der Waals surface area contributed by atoms with Crippen LogP contribution in [0.1, 0.15) is 11.3 Å². The average Bonchev–Trinajstić information content (AvgIpc) is 2.82. The van der Waals surface area contributed by atoms with Gasteiger partial charge in [0.2, 0.25) is 0 Å². The van der Waals surface area contributed by atoms with Crippen LogP contribution in [0.25, 0.3) is 0 Å². The Morgan fingerprint density at radius 3 is 3.00 bits per heavy atom. The van der Waals surface area contributed by atoms with Gasteiger partial charge in [0.1, 0.15) is 4.99 Å². The SMILES string of the molecule is CN(Cc1ccoc1)c1ccnc(C(N)=S)c1. The van der Waals surface area contributed by atoms with Crippen LogP contribution in [0.5, 0.6) is 0 Å². The van der Waals surface area contributed by atoms with E-state index in [1.807, 2.05) is 25.2 Å². The van der Waals surface area contributed by atoms with E-state index in [-0.39, 0.29) is 0 Å². The summed E-state index contributed by atoms with van der Waals surface area (Å²) in [6.07, 6.45) is 5.10. The Kier molecular flexibility index (Phi) is 3.39. The van der Waals surface area contributed by atoms with E-state index in [2.05, 4.69) is 9.88 Å². The van der Waals surface area contributed by atoms with E-state index in [9.17, 15) is 0 Å². The Bertz CT molecular complexity index is 510. The fourth-order valence-corrected chi connectivity index (χ4v) is 1.65. The van der Waals surface area contributed by atoms with Crippen LogP contribution < -0.4 is 10.6 Å². The number of nitrogens with zero attached hydrogens (tertiary/aromatic N) is 2. The molecule has 0 saturated heterocycles. The zero-order valence-electron chi connectivity index (χ0n) is 9.46. The molecule has 0 amide bonds. The summed E-state index contributed by atoms with van der Waals surface area (Å²) >= 11 is 4.91. The lowest BCUT2D eigenvalue weighted by Gasteiger charge is -2.18. The van der Waals surface area contributed by atoms with Crippen LogP contribution >= 0.6 is 12.2 Å². The second kappa shape index (κ2) is 4.97. The van der Waals surface area contributed by atoms with E-state index < -0.39 is 0 Å². The summed E-state index contributed by atoms with van der Waals surface area (Å²) in [5.41, 5.74) is 8.32. The van der Waals surface area contributed by atoms with Crippen LogP contribution in [0, 0.1) is 0 Å². The van der Waals surface area contributed by atoms with Crippen LogP contribution in [0.15, 0.2) is 41.3 Å². The lowest BCUT2D eigenvalue weighted by Crippen LogP contribution is -2.18. The summed E-state index contributed by atoms with van der Waals surface area (Å²) in [6.45, 7) is 0.761. The number of thiocarbonyl (C=S) groups is 1. The summed E-state index contributed by atoms with van der Waals surface area (Å²) in [5, 5.41) is 0. The fraction of sp³-hybridized carbons (Fsp3) is 0.167. The molecular weight excluding hydrogens is 234 g/mol. The van der Waals surface area contributed by atoms with Gasteiger partial charge in [0.25, 0.3) is 0 Å². The Balaban J connectivity index is 2.16. The minimum atomic E-state index is 0.309. The summed E-state index contributed by atoms with van der Waals surface area (Å²) in [4.78, 5) is 6.49. The molecule has 0 unspecified atom stereocenters. The van der Waals surface area contributed by atoms with Gasteiger partial charge in [-0.3, -0.25) is 4.98 Å². The zero-order chi connectivity index (χ0) is 12.3. The van der Waals surface area contributed by atoms with Crippen molar-refractivity contribution >= 4 is 22.9 Å². The van der Waals surface area contributed by atoms with E-state index >= 15 is 0 Å². The Morgan fingerprint density at radius 1 is 1.53 bits per heavy atom. The molecule has 17 heavy (non-hydrogen) atoms. The van der Waals surface area contributed by atoms with Crippen molar-refractivity contribution < 1.29 is 4.42 Å². The molecule has 0 aliphatic carbocycles. The van der Waals surface area contributed by atoms with Crippen molar-refractivity contribution in [2.24, 2.45) is 5.73 Å². The standard InChI is InChI=1S/C12H13N3OS/c1-15(7-9-3-5-16-8-9)10-2-4-14-11(6-10)12(13)17/h2-6,8H,7H2,1H3,(H2,13,17). The van der Waals surface area contributed by atoms with Gasteiger partial charge in [-0.1, -0.05) is 12.2 Å². The third-order valence-corrected chi connectivity index (χ3v) is 2.65. The average molecular weight is 247 g/mol. The topological polar surface area (TPSA) is 55.3 Å². The van der Waals surface area contributed by atoms with Gasteiger partial charge in [-0.25, -0.2) is 0 Å². The summed E-state index contributed by atoms with van der Waals surface area (Å²) < 4.78 is 5.03. The molecule has 0 saturated carbocycles. The maximum absolute atomic E-state index is 5.55. The van der Waals surface area contributed by atoms with Crippen molar-refractivity contribution in [1.82, 2.24) is 4.98 Å². The van der Waals surface area contributed by atoms with Crippen LogP contribution in [0.4, 0.5) is 5.69 Å². The first-order valence-electron chi connectivity index (χ1n) is 5.15. The van der Waals surface area contributed by atoms with Crippen molar-refractivity contribution in [3.8, 4) is 0 Å². The van der Waals surface area contributed by atoms with Crippen molar-refractivity contribution in [3.05, 3.63) is 48.2 Å². The smallest absolute Gasteiger partial charge is 0.122 e. The molecule has 0 aromatic carbocycles. The molecule has 2 N–H and O–H groups in total. The number of nitrogens with two attached hydrogens (primary N) is 1. The minimum Gasteiger partial charge on any atom is -0.472 e. The lowest BCUT2D eigenvalue weighted by molar-refractivity contribution is 0.563. The third-order valence-electron chi connectivity index (χ3n) is 2.44. The van der Waals surface area contributed by atoms with Gasteiger partial charge in [-0.2, -0.15) is 0 Å². The van der Waals surface area contributed by atoms with Gasteiger partial charge in [0.15, 0.2) is 0 Å². The maximum atomic E-state index is 5.55. The van der Waals surface area contributed by atoms with Gasteiger partial charge in [-0.05, 0) is 18.2 Å². The predicted octanol–water partition coefficient (Wildman–Crippen LogP) is 1.95. The Labute approximate surface area is 105 Å². The van der Waals surface area contributed by atoms with Gasteiger partial charge >= 0.3 is 0 Å². The van der Waals surface area contributed by atoms with Crippen LogP contribution in [-0.4, -0.2) is 17.0 Å². The molecule has 4 nitrogen and oxygen atoms in total. The van der Waals surface area contributed by atoms with Crippen molar-refractivity contribution in [1.29, 1.82) is 0 Å². The quantitative estimate of drug-likeness (QED) is 0.837. The fourth-order valence-electron chi connectivity index (χ4n) is 1.54. The van der Waals surface area contributed by atoms with Gasteiger partial charge in [0, 0.05) is 31.0 Å². The number of hydrogen-bond acceptors (Lipinski definition) is 4. The summed E-state index contributed by atoms with van der Waals surface area (Å²) in [7, 11) is 1.99. The highest BCUT2D eigenvalue weighted by molar-refractivity contribution is 7.80. The molecule has 0 fully saturated rings. The monoisotopic (exact) mass is 247 g/mol. The number of rotatable bonds is 4. The number of furan rings is 1. The Hall–Kier alpha value is -1.88. The second-order valence-electron chi connectivity index (χ2n) is 3.75. The molecule has 0 radical (unpaired) electrons. The van der Waals surface area contributed by atoms with Crippen LogP contribution in [0.3, 0.4) is 0 Å². The number of anilines is 1. The molecule has 2 aromatic rings. The van der Waals surface area contributed by atoms with Crippen LogP contribution in [-0.2, 0) is 6.54 Å². The van der Waals surface area contributed by atoms with E-state index in [1.165, 1.54) is 0 Å². The zero-order valence-corrected chi connectivity index (χ0v) is 10.3. The number of hydrogen-bond donors (Lipinski definition) is 1. The third kappa shape index (κ3) is 2.82. The van der Waals surface area contributed by atoms with E-state index in [4.69, 9.17) is 22.4 Å². The molecule has 88 valence electrons. The predicted molar refractivity (Wildman–Crippen MR) is 70.9 cm³/mol. The van der Waals surface area contributed by atoms with Crippen molar-refractivity contribution in [3.63, 3.8) is 0 Å². The highest BCUT2D eigenvalue weighted by atomic mass is 32.1. The minimum absolute atomic E-state index is 0.309. The molecule has 2 heterocycles. The van der Waals surface area contributed by atoms with Gasteiger partial charge in [0.05, 0.1) is 18.2 Å². The van der Waals surface area contributed by atoms with E-state index in [0.717, 1.165) is 17.8 Å². The first kappa shape index (κ1) is 11.6. The first-order valence-corrected chi connectivity index (χ1v) is 5.55. The van der Waals surface area contributed by atoms with E-state index in [1.54, 1.807) is 18.7 Å². The van der Waals surface area contributed by atoms with Crippen molar-refractivity contribution in [2.45, 2.75) is 6.54 Å². The molecule has 5 heteroatoms. The summed E-state index contributed by atoms with van der Waals surface area (Å²) in [5.74, 6) is 0. The maximum Gasteiger partial charge on any atom is 0.122 e. The lowest BCUT2D eigenvalue weighted by atomic mass is 10.2. The molecule has 2 aromatic heterocycles. The summed E-state index contributed by atoms with van der Waals surface area (Å²) in [6, 6.07) is 5.73. The van der Waals surface area contributed by atoms with Crippen molar-refractivity contribution in [2.75, 3.05) is 11.9 Å². The highest BCUT2D eigenvalue weighted by Crippen LogP contribution is 2.16. The molecule has 0 aliphatic rings. The largest absolute Gasteiger partial charge is 0.472 e. The molecule has 2 rings (SSSR count). The Morgan fingerprint density at radius 2 is 2.35 bits per heavy atom. The normalized spacial score (nSPS) is 10.2. The molecule has 0 spiro atoms. The van der Waals surface area contributed by atoms with Crippen LogP contribution in [0.2, 0.25) is 0 Å². The number of pyridine rings is 1. The molecular formula is C12H13N3OS. The molecule has 0 atom stereocenters. The second-order valence-corrected chi connectivity index (χ2v) is 4.19.